The zero-order chi connectivity index (χ0) is 35.1. The molecule has 2 aromatic heterocycles. The summed E-state index contributed by atoms with van der Waals surface area (Å²) in [5.41, 5.74) is 4.86. The first-order valence-corrected chi connectivity index (χ1v) is 16.7. The van der Waals surface area contributed by atoms with Gasteiger partial charge < -0.3 is 23.8 Å². The van der Waals surface area contributed by atoms with Crippen LogP contribution in [0.2, 0.25) is 0 Å². The van der Waals surface area contributed by atoms with Crippen LogP contribution in [0.25, 0.3) is 28.0 Å². The fourth-order valence-electron chi connectivity index (χ4n) is 6.85. The Bertz CT molecular complexity index is 1900. The van der Waals surface area contributed by atoms with Crippen molar-refractivity contribution in [2.24, 2.45) is 0 Å². The minimum Gasteiger partial charge on any atom is -0.485 e. The van der Waals surface area contributed by atoms with Gasteiger partial charge in [-0.1, -0.05) is 30.4 Å². The molecule has 0 N–H and O–H groups in total. The molecule has 1 fully saturated rings. The van der Waals surface area contributed by atoms with Crippen LogP contribution in [0.5, 0.6) is 5.75 Å². The second-order valence-corrected chi connectivity index (χ2v) is 13.9. The van der Waals surface area contributed by atoms with Crippen molar-refractivity contribution in [2.75, 3.05) is 31.7 Å². The van der Waals surface area contributed by atoms with Crippen molar-refractivity contribution in [1.29, 1.82) is 0 Å². The van der Waals surface area contributed by atoms with E-state index >= 15 is 0 Å². The van der Waals surface area contributed by atoms with Gasteiger partial charge in [-0.25, -0.2) is 14.2 Å². The third-order valence-corrected chi connectivity index (χ3v) is 9.21. The molecule has 0 unspecified atom stereocenters. The van der Waals surface area contributed by atoms with E-state index in [4.69, 9.17) is 29.0 Å². The summed E-state index contributed by atoms with van der Waals surface area (Å²) in [6, 6.07) is 12.5. The van der Waals surface area contributed by atoms with Gasteiger partial charge in [0.2, 0.25) is 0 Å². The number of nitrogens with zero attached hydrogens (tertiary/aromatic N) is 4. The van der Waals surface area contributed by atoms with Crippen LogP contribution < -0.4 is 9.64 Å². The van der Waals surface area contributed by atoms with Crippen LogP contribution in [0.3, 0.4) is 0 Å². The molecule has 10 heteroatoms. The van der Waals surface area contributed by atoms with E-state index in [0.717, 1.165) is 35.3 Å². The number of anilines is 1. The standard InChI is InChI=1S/C39H45FN4O5/c1-9-12-31-34-26(28-22-25(40)15-16-30(28)48-31)13-11-14-27(34)29-23-32-41-24(3)33(35(37(45)46-8)49-38(4,5)6)36(44(32)42-29)43-19-17-39(7,18-20-43)47-21-10-2/h9-11,13-16,22-23,31,35H,1-2,12,17-21H2,3-8H3/t31-,35+/m1/s1. The van der Waals surface area contributed by atoms with Gasteiger partial charge in [0.25, 0.3) is 0 Å². The summed E-state index contributed by atoms with van der Waals surface area (Å²) in [7, 11) is 1.36. The summed E-state index contributed by atoms with van der Waals surface area (Å²) in [5, 5.41) is 5.19. The zero-order valence-electron chi connectivity index (χ0n) is 29.2. The topological polar surface area (TPSA) is 87.4 Å². The highest BCUT2D eigenvalue weighted by molar-refractivity contribution is 5.84. The molecule has 0 spiro atoms. The van der Waals surface area contributed by atoms with Gasteiger partial charge >= 0.3 is 5.97 Å². The lowest BCUT2D eigenvalue weighted by molar-refractivity contribution is -0.164. The van der Waals surface area contributed by atoms with Crippen LogP contribution in [0.15, 0.2) is 67.8 Å². The van der Waals surface area contributed by atoms with Crippen LogP contribution in [0.1, 0.15) is 76.0 Å². The number of ether oxygens (including phenoxy) is 4. The number of carbonyl (C=O) groups is 1. The van der Waals surface area contributed by atoms with Crippen molar-refractivity contribution in [3.63, 3.8) is 0 Å². The third kappa shape index (κ3) is 6.72. The van der Waals surface area contributed by atoms with Gasteiger partial charge in [0.1, 0.15) is 23.5 Å². The second kappa shape index (κ2) is 13.4. The van der Waals surface area contributed by atoms with Gasteiger partial charge in [0.15, 0.2) is 11.8 Å². The number of aryl methyl sites for hydroxylation is 1. The van der Waals surface area contributed by atoms with E-state index in [1.165, 1.54) is 19.2 Å². The Labute approximate surface area is 287 Å². The second-order valence-electron chi connectivity index (χ2n) is 13.9. The molecule has 1 saturated heterocycles. The molecule has 0 bridgehead atoms. The average Bonchev–Trinajstić information content (AvgIpc) is 3.49. The first-order valence-electron chi connectivity index (χ1n) is 16.7. The fraction of sp³-hybridized carbons (Fsp3) is 0.410. The molecule has 258 valence electrons. The van der Waals surface area contributed by atoms with Gasteiger partial charge in [-0.3, -0.25) is 0 Å². The maximum Gasteiger partial charge on any atom is 0.339 e. The number of benzene rings is 2. The number of rotatable bonds is 10. The molecular weight excluding hydrogens is 623 g/mol. The number of hydrogen-bond donors (Lipinski definition) is 0. The Morgan fingerprint density at radius 2 is 1.86 bits per heavy atom. The van der Waals surface area contributed by atoms with Gasteiger partial charge in [0.05, 0.1) is 36.2 Å². The summed E-state index contributed by atoms with van der Waals surface area (Å²) in [4.78, 5) is 20.7. The minimum absolute atomic E-state index is 0.315. The molecule has 4 aromatic rings. The van der Waals surface area contributed by atoms with Crippen molar-refractivity contribution < 1.29 is 28.1 Å². The van der Waals surface area contributed by atoms with Crippen LogP contribution in [0.4, 0.5) is 10.2 Å². The SMILES string of the molecule is C=CCOC1(C)CCN(c2c([C@H](OC(C)(C)C)C(=O)OC)c(C)nc3cc(-c4cccc5c4[C@@H](CC=C)Oc4ccc(F)cc4-5)nn23)CC1. The number of aromatic nitrogens is 3. The largest absolute Gasteiger partial charge is 0.485 e. The van der Waals surface area contributed by atoms with Crippen molar-refractivity contribution in [3.05, 3.63) is 90.4 Å². The van der Waals surface area contributed by atoms with E-state index in [1.807, 2.05) is 62.6 Å². The van der Waals surface area contributed by atoms with Crippen molar-refractivity contribution >= 4 is 17.4 Å². The van der Waals surface area contributed by atoms with E-state index in [9.17, 15) is 9.18 Å². The van der Waals surface area contributed by atoms with E-state index in [2.05, 4.69) is 25.0 Å². The molecule has 0 aliphatic carbocycles. The summed E-state index contributed by atoms with van der Waals surface area (Å²) in [6.45, 7) is 19.3. The smallest absolute Gasteiger partial charge is 0.339 e. The van der Waals surface area contributed by atoms with E-state index in [1.54, 1.807) is 12.1 Å². The Morgan fingerprint density at radius 3 is 2.53 bits per heavy atom. The summed E-state index contributed by atoms with van der Waals surface area (Å²) in [5.74, 6) is 0.487. The first kappa shape index (κ1) is 34.3. The van der Waals surface area contributed by atoms with Gasteiger partial charge in [-0.2, -0.15) is 9.61 Å². The molecule has 2 aliphatic heterocycles. The lowest BCUT2D eigenvalue weighted by Crippen LogP contribution is -2.45. The van der Waals surface area contributed by atoms with Gasteiger partial charge in [-0.05, 0) is 71.2 Å². The molecule has 6 rings (SSSR count). The maximum absolute atomic E-state index is 14.5. The zero-order valence-corrected chi connectivity index (χ0v) is 29.2. The fourth-order valence-corrected chi connectivity index (χ4v) is 6.85. The van der Waals surface area contributed by atoms with Crippen molar-refractivity contribution in [2.45, 2.75) is 77.3 Å². The Morgan fingerprint density at radius 1 is 1.12 bits per heavy atom. The molecule has 0 amide bonds. The molecule has 49 heavy (non-hydrogen) atoms. The predicted molar refractivity (Wildman–Crippen MR) is 188 cm³/mol. The molecule has 9 nitrogen and oxygen atoms in total. The van der Waals surface area contributed by atoms with Crippen molar-refractivity contribution in [3.8, 4) is 28.1 Å². The average molecular weight is 669 g/mol. The molecule has 2 atom stereocenters. The maximum atomic E-state index is 14.5. The molecule has 2 aliphatic rings. The predicted octanol–water partition coefficient (Wildman–Crippen LogP) is 8.11. The normalized spacial score (nSPS) is 17.5. The molecule has 4 heterocycles. The molecule has 0 saturated carbocycles. The number of halogens is 1. The number of hydrogen-bond acceptors (Lipinski definition) is 8. The Balaban J connectivity index is 1.55. The lowest BCUT2D eigenvalue weighted by Gasteiger charge is -2.41. The summed E-state index contributed by atoms with van der Waals surface area (Å²) in [6.07, 6.45) is 4.25. The van der Waals surface area contributed by atoms with Crippen molar-refractivity contribution in [1.82, 2.24) is 14.6 Å². The molecular formula is C39H45FN4O5. The highest BCUT2D eigenvalue weighted by Gasteiger charge is 2.38. The number of carbonyl (C=O) groups excluding carboxylic acids is 1. The quantitative estimate of drug-likeness (QED) is 0.124. The highest BCUT2D eigenvalue weighted by Crippen LogP contribution is 2.48. The van der Waals surface area contributed by atoms with Crippen LogP contribution in [-0.4, -0.2) is 58.6 Å². The van der Waals surface area contributed by atoms with E-state index in [0.29, 0.717) is 60.0 Å². The van der Waals surface area contributed by atoms with Crippen LogP contribution in [-0.2, 0) is 19.0 Å². The Hall–Kier alpha value is -4.54. The summed E-state index contributed by atoms with van der Waals surface area (Å²) >= 11 is 0. The van der Waals surface area contributed by atoms with Crippen LogP contribution >= 0.6 is 0 Å². The minimum atomic E-state index is -1.05. The number of methoxy groups -OCH3 is 1. The molecule has 0 radical (unpaired) electrons. The highest BCUT2D eigenvalue weighted by atomic mass is 19.1. The van der Waals surface area contributed by atoms with Gasteiger partial charge in [-0.15, -0.1) is 13.2 Å². The molecule has 2 aromatic carbocycles. The van der Waals surface area contributed by atoms with Gasteiger partial charge in [0, 0.05) is 48.0 Å². The van der Waals surface area contributed by atoms with Crippen LogP contribution in [0, 0.1) is 12.7 Å². The van der Waals surface area contributed by atoms with E-state index < -0.39 is 17.7 Å². The number of piperidine rings is 1. The van der Waals surface area contributed by atoms with E-state index in [-0.39, 0.29) is 17.5 Å². The summed E-state index contributed by atoms with van der Waals surface area (Å²) < 4.78 is 40.6. The first-order chi connectivity index (χ1) is 23.4. The number of esters is 1. The lowest BCUT2D eigenvalue weighted by atomic mass is 9.87. The third-order valence-electron chi connectivity index (χ3n) is 9.21. The monoisotopic (exact) mass is 668 g/mol. The Kier molecular flexibility index (Phi) is 9.39. The number of fused-ring (bicyclic) bond motifs is 4.